The van der Waals surface area contributed by atoms with E-state index in [0.717, 1.165) is 19.3 Å². The molecule has 0 heterocycles. The second-order valence-electron chi connectivity index (χ2n) is 4.47. The molecular formula is C13H13F3O2. The van der Waals surface area contributed by atoms with Gasteiger partial charge in [0.05, 0.1) is 5.56 Å². The highest BCUT2D eigenvalue weighted by Crippen LogP contribution is 2.33. The number of rotatable bonds is 4. The Hall–Kier alpha value is -1.52. The van der Waals surface area contributed by atoms with Crippen molar-refractivity contribution in [3.05, 3.63) is 29.8 Å². The summed E-state index contributed by atoms with van der Waals surface area (Å²) in [6.07, 6.45) is -1.41. The van der Waals surface area contributed by atoms with Gasteiger partial charge < -0.3 is 4.74 Å². The van der Waals surface area contributed by atoms with Gasteiger partial charge in [-0.3, -0.25) is 4.79 Å². The number of ether oxygens (including phenoxy) is 1. The third-order valence-corrected chi connectivity index (χ3v) is 3.11. The standard InChI is InChI=1S/C13H13F3O2/c14-13(15,16)18-12-7-2-1-6-10(12)11(17)8-9-4-3-5-9/h1-2,6-7,9H,3-5,8H2. The highest BCUT2D eigenvalue weighted by Gasteiger charge is 2.33. The molecule has 0 aromatic heterocycles. The molecule has 1 aliphatic rings. The average Bonchev–Trinajstić information content (AvgIpc) is 2.21. The SMILES string of the molecule is O=C(CC1CCC1)c1ccccc1OC(F)(F)F. The summed E-state index contributed by atoms with van der Waals surface area (Å²) < 4.78 is 40.4. The second-order valence-corrected chi connectivity index (χ2v) is 4.47. The number of ketones is 1. The van der Waals surface area contributed by atoms with E-state index in [4.69, 9.17) is 0 Å². The molecule has 0 bridgehead atoms. The minimum absolute atomic E-state index is 0.0155. The van der Waals surface area contributed by atoms with Crippen LogP contribution in [0, 0.1) is 5.92 Å². The van der Waals surface area contributed by atoms with E-state index in [0.29, 0.717) is 12.3 Å². The smallest absolute Gasteiger partial charge is 0.405 e. The Morgan fingerprint density at radius 1 is 1.28 bits per heavy atom. The van der Waals surface area contributed by atoms with Gasteiger partial charge in [-0.2, -0.15) is 0 Å². The Morgan fingerprint density at radius 3 is 2.50 bits per heavy atom. The van der Waals surface area contributed by atoms with Crippen molar-refractivity contribution >= 4 is 5.78 Å². The topological polar surface area (TPSA) is 26.3 Å². The van der Waals surface area contributed by atoms with Gasteiger partial charge in [-0.1, -0.05) is 31.4 Å². The van der Waals surface area contributed by atoms with E-state index >= 15 is 0 Å². The van der Waals surface area contributed by atoms with Gasteiger partial charge in [0.1, 0.15) is 5.75 Å². The van der Waals surface area contributed by atoms with Crippen molar-refractivity contribution in [2.24, 2.45) is 5.92 Å². The monoisotopic (exact) mass is 258 g/mol. The van der Waals surface area contributed by atoms with Crippen molar-refractivity contribution in [3.8, 4) is 5.75 Å². The fourth-order valence-electron chi connectivity index (χ4n) is 1.98. The van der Waals surface area contributed by atoms with E-state index in [1.54, 1.807) is 0 Å². The lowest BCUT2D eigenvalue weighted by atomic mass is 9.81. The molecule has 18 heavy (non-hydrogen) atoms. The molecule has 2 nitrogen and oxygen atoms in total. The van der Waals surface area contributed by atoms with Gasteiger partial charge in [0.25, 0.3) is 0 Å². The number of carbonyl (C=O) groups is 1. The van der Waals surface area contributed by atoms with Gasteiger partial charge in [0, 0.05) is 6.42 Å². The van der Waals surface area contributed by atoms with E-state index in [1.807, 2.05) is 0 Å². The first-order valence-electron chi connectivity index (χ1n) is 5.83. The van der Waals surface area contributed by atoms with E-state index in [9.17, 15) is 18.0 Å². The van der Waals surface area contributed by atoms with Crippen molar-refractivity contribution < 1.29 is 22.7 Å². The van der Waals surface area contributed by atoms with Crippen LogP contribution in [0.5, 0.6) is 5.75 Å². The van der Waals surface area contributed by atoms with Crippen LogP contribution in [0.4, 0.5) is 13.2 Å². The fraction of sp³-hybridized carbons (Fsp3) is 0.462. The van der Waals surface area contributed by atoms with Crippen LogP contribution in [0.1, 0.15) is 36.0 Å². The molecule has 1 saturated carbocycles. The molecule has 0 amide bonds. The number of alkyl halides is 3. The largest absolute Gasteiger partial charge is 0.573 e. The zero-order valence-corrected chi connectivity index (χ0v) is 9.67. The first-order chi connectivity index (χ1) is 8.46. The van der Waals surface area contributed by atoms with Crippen molar-refractivity contribution in [3.63, 3.8) is 0 Å². The van der Waals surface area contributed by atoms with Crippen molar-refractivity contribution in [1.29, 1.82) is 0 Å². The predicted octanol–water partition coefficient (Wildman–Crippen LogP) is 3.96. The first kappa shape index (κ1) is 12.9. The molecule has 0 unspecified atom stereocenters. The highest BCUT2D eigenvalue weighted by atomic mass is 19.4. The number of hydrogen-bond acceptors (Lipinski definition) is 2. The minimum Gasteiger partial charge on any atom is -0.405 e. The summed E-state index contributed by atoms with van der Waals surface area (Å²) in [7, 11) is 0. The number of Topliss-reactive ketones (excluding diaryl/α,β-unsaturated/α-hetero) is 1. The van der Waals surface area contributed by atoms with Gasteiger partial charge in [-0.05, 0) is 18.1 Å². The Bertz CT molecular complexity index is 436. The average molecular weight is 258 g/mol. The molecule has 0 N–H and O–H groups in total. The van der Waals surface area contributed by atoms with Gasteiger partial charge in [-0.15, -0.1) is 13.2 Å². The summed E-state index contributed by atoms with van der Waals surface area (Å²) in [5.41, 5.74) is 0.0155. The maximum absolute atomic E-state index is 12.2. The second kappa shape index (κ2) is 5.00. The van der Waals surface area contributed by atoms with Crippen LogP contribution in [-0.4, -0.2) is 12.1 Å². The summed E-state index contributed by atoms with van der Waals surface area (Å²) >= 11 is 0. The van der Waals surface area contributed by atoms with Crippen molar-refractivity contribution in [2.75, 3.05) is 0 Å². The summed E-state index contributed by atoms with van der Waals surface area (Å²) in [4.78, 5) is 11.9. The fourth-order valence-corrected chi connectivity index (χ4v) is 1.98. The third-order valence-electron chi connectivity index (χ3n) is 3.11. The van der Waals surface area contributed by atoms with Gasteiger partial charge in [0.2, 0.25) is 0 Å². The maximum atomic E-state index is 12.2. The molecule has 1 aromatic carbocycles. The molecule has 0 spiro atoms. The molecule has 0 saturated heterocycles. The lowest BCUT2D eigenvalue weighted by molar-refractivity contribution is -0.274. The predicted molar refractivity (Wildman–Crippen MR) is 59.4 cm³/mol. The molecule has 1 fully saturated rings. The summed E-state index contributed by atoms with van der Waals surface area (Å²) in [5.74, 6) is -0.370. The van der Waals surface area contributed by atoms with E-state index in [1.165, 1.54) is 24.3 Å². The van der Waals surface area contributed by atoms with Gasteiger partial charge >= 0.3 is 6.36 Å². The van der Waals surface area contributed by atoms with Crippen LogP contribution in [0.25, 0.3) is 0 Å². The number of hydrogen-bond donors (Lipinski definition) is 0. The van der Waals surface area contributed by atoms with Crippen LogP contribution < -0.4 is 4.74 Å². The van der Waals surface area contributed by atoms with Crippen LogP contribution in [0.15, 0.2) is 24.3 Å². The number of benzene rings is 1. The van der Waals surface area contributed by atoms with E-state index in [-0.39, 0.29) is 11.3 Å². The van der Waals surface area contributed by atoms with E-state index in [2.05, 4.69) is 4.74 Å². The molecule has 98 valence electrons. The number of halogens is 3. The van der Waals surface area contributed by atoms with Gasteiger partial charge in [-0.25, -0.2) is 0 Å². The normalized spacial score (nSPS) is 16.2. The molecule has 2 rings (SSSR count). The molecule has 5 heteroatoms. The molecule has 0 radical (unpaired) electrons. The Balaban J connectivity index is 2.13. The quantitative estimate of drug-likeness (QED) is 0.764. The van der Waals surface area contributed by atoms with Crippen LogP contribution in [0.3, 0.4) is 0 Å². The molecule has 1 aromatic rings. The first-order valence-corrected chi connectivity index (χ1v) is 5.83. The Kier molecular flexibility index (Phi) is 3.59. The zero-order chi connectivity index (χ0) is 13.2. The van der Waals surface area contributed by atoms with Crippen molar-refractivity contribution in [1.82, 2.24) is 0 Å². The number of carbonyl (C=O) groups excluding carboxylic acids is 1. The van der Waals surface area contributed by atoms with Crippen LogP contribution >= 0.6 is 0 Å². The number of para-hydroxylation sites is 1. The van der Waals surface area contributed by atoms with Crippen molar-refractivity contribution in [2.45, 2.75) is 32.0 Å². The van der Waals surface area contributed by atoms with Crippen LogP contribution in [-0.2, 0) is 0 Å². The molecular weight excluding hydrogens is 245 g/mol. The molecule has 1 aliphatic carbocycles. The zero-order valence-electron chi connectivity index (χ0n) is 9.67. The highest BCUT2D eigenvalue weighted by molar-refractivity contribution is 5.98. The van der Waals surface area contributed by atoms with Gasteiger partial charge in [0.15, 0.2) is 5.78 Å². The lowest BCUT2D eigenvalue weighted by Gasteiger charge is -2.24. The summed E-state index contributed by atoms with van der Waals surface area (Å²) in [6.45, 7) is 0. The minimum atomic E-state index is -4.77. The summed E-state index contributed by atoms with van der Waals surface area (Å²) in [6, 6.07) is 5.50. The summed E-state index contributed by atoms with van der Waals surface area (Å²) in [5, 5.41) is 0. The Morgan fingerprint density at radius 2 is 1.94 bits per heavy atom. The maximum Gasteiger partial charge on any atom is 0.573 e. The third kappa shape index (κ3) is 3.24. The Labute approximate surface area is 103 Å². The lowest BCUT2D eigenvalue weighted by Crippen LogP contribution is -2.20. The molecule has 0 aliphatic heterocycles. The van der Waals surface area contributed by atoms with Crippen LogP contribution in [0.2, 0.25) is 0 Å². The van der Waals surface area contributed by atoms with E-state index < -0.39 is 12.1 Å². The molecule has 0 atom stereocenters.